The molecule has 8 nitrogen and oxygen atoms in total. The lowest BCUT2D eigenvalue weighted by Crippen LogP contribution is -2.60. The first kappa shape index (κ1) is 27.2. The molecule has 8 heteroatoms. The average Bonchev–Trinajstić information content (AvgIpc) is 3.25. The number of hydrogen-bond donors (Lipinski definition) is 1. The van der Waals surface area contributed by atoms with Gasteiger partial charge < -0.3 is 19.5 Å². The van der Waals surface area contributed by atoms with Gasteiger partial charge >= 0.3 is 18.2 Å². The second kappa shape index (κ2) is 11.0. The highest BCUT2D eigenvalue weighted by atomic mass is 16.6. The van der Waals surface area contributed by atoms with Crippen molar-refractivity contribution in [1.82, 2.24) is 9.80 Å². The van der Waals surface area contributed by atoms with Crippen LogP contribution < -0.4 is 0 Å². The zero-order chi connectivity index (χ0) is 28.4. The van der Waals surface area contributed by atoms with E-state index in [0.29, 0.717) is 6.42 Å². The van der Waals surface area contributed by atoms with Gasteiger partial charge in [0, 0.05) is 19.0 Å². The van der Waals surface area contributed by atoms with Crippen LogP contribution in [0.5, 0.6) is 0 Å². The van der Waals surface area contributed by atoms with Gasteiger partial charge in [-0.2, -0.15) is 0 Å². The first-order valence-corrected chi connectivity index (χ1v) is 13.5. The Labute approximate surface area is 234 Å². The van der Waals surface area contributed by atoms with E-state index in [1.807, 2.05) is 54.6 Å². The van der Waals surface area contributed by atoms with E-state index in [2.05, 4.69) is 24.3 Å². The fourth-order valence-corrected chi connectivity index (χ4v) is 5.57. The smallest absolute Gasteiger partial charge is 0.410 e. The molecule has 2 aliphatic rings. The van der Waals surface area contributed by atoms with E-state index in [1.54, 1.807) is 20.8 Å². The molecule has 1 fully saturated rings. The number of fused-ring (bicyclic) bond motifs is 3. The molecule has 1 aliphatic heterocycles. The van der Waals surface area contributed by atoms with Crippen LogP contribution in [0.1, 0.15) is 55.9 Å². The second-order valence-corrected chi connectivity index (χ2v) is 11.2. The quantitative estimate of drug-likeness (QED) is 0.393. The number of carbonyl (C=O) groups is 3. The fraction of sp³-hybridized carbons (Fsp3) is 0.344. The molecular weight excluding hydrogens is 508 g/mol. The minimum Gasteiger partial charge on any atom is -0.465 e. The Morgan fingerprint density at radius 3 is 2.02 bits per heavy atom. The van der Waals surface area contributed by atoms with Gasteiger partial charge in [-0.3, -0.25) is 4.90 Å². The van der Waals surface area contributed by atoms with Gasteiger partial charge in [-0.1, -0.05) is 78.9 Å². The number of hydrogen-bond acceptors (Lipinski definition) is 5. The molecule has 2 unspecified atom stereocenters. The molecule has 1 saturated heterocycles. The third-order valence-corrected chi connectivity index (χ3v) is 7.39. The molecule has 2 atom stereocenters. The first-order chi connectivity index (χ1) is 19.1. The highest BCUT2D eigenvalue weighted by Crippen LogP contribution is 2.48. The molecule has 208 valence electrons. The maximum Gasteiger partial charge on any atom is 0.410 e. The highest BCUT2D eigenvalue weighted by Gasteiger charge is 2.41. The zero-order valence-electron chi connectivity index (χ0n) is 22.9. The Morgan fingerprint density at radius 2 is 1.45 bits per heavy atom. The monoisotopic (exact) mass is 542 g/mol. The molecule has 3 aromatic rings. The van der Waals surface area contributed by atoms with Crippen molar-refractivity contribution < 1.29 is 29.0 Å². The van der Waals surface area contributed by atoms with Crippen LogP contribution in [0.4, 0.5) is 9.59 Å². The van der Waals surface area contributed by atoms with Crippen molar-refractivity contribution >= 4 is 18.2 Å². The summed E-state index contributed by atoms with van der Waals surface area (Å²) in [5, 5.41) is 9.85. The molecule has 0 spiro atoms. The standard InChI is InChI=1S/C32H34N2O6/c1-32(2,3)40-31(38)33-17-18-34(30(36)37)27(20-33)29(35)39-28(21-11-5-4-6-12-21)19-26-24-15-9-7-13-22(24)23-14-8-10-16-25(23)26/h4-16,26-28H,17-20H2,1-3H3,(H,36,37). The van der Waals surface area contributed by atoms with Crippen LogP contribution in [0.15, 0.2) is 78.9 Å². The molecule has 0 radical (unpaired) electrons. The molecule has 3 aromatic carbocycles. The largest absolute Gasteiger partial charge is 0.465 e. The summed E-state index contributed by atoms with van der Waals surface area (Å²) in [7, 11) is 0. The Hall–Kier alpha value is -4.33. The number of carboxylic acid groups (broad SMARTS) is 1. The third kappa shape index (κ3) is 5.66. The van der Waals surface area contributed by atoms with Crippen molar-refractivity contribution in [3.8, 4) is 11.1 Å². The lowest BCUT2D eigenvalue weighted by atomic mass is 9.89. The molecule has 0 bridgehead atoms. The van der Waals surface area contributed by atoms with Crippen molar-refractivity contribution in [2.75, 3.05) is 19.6 Å². The van der Waals surface area contributed by atoms with Crippen LogP contribution in [0.3, 0.4) is 0 Å². The first-order valence-electron chi connectivity index (χ1n) is 13.5. The van der Waals surface area contributed by atoms with Gasteiger partial charge in [-0.25, -0.2) is 14.4 Å². The van der Waals surface area contributed by atoms with Gasteiger partial charge in [0.15, 0.2) is 6.04 Å². The summed E-state index contributed by atoms with van der Waals surface area (Å²) in [6, 6.07) is 24.8. The predicted octanol–water partition coefficient (Wildman–Crippen LogP) is 6.07. The van der Waals surface area contributed by atoms with Crippen LogP contribution >= 0.6 is 0 Å². The number of nitrogens with zero attached hydrogens (tertiary/aromatic N) is 2. The SMILES string of the molecule is CC(C)(C)OC(=O)N1CCN(C(=O)O)C(C(=O)OC(CC2c3ccccc3-c3ccccc32)c2ccccc2)C1. The Kier molecular flexibility index (Phi) is 7.52. The van der Waals surface area contributed by atoms with E-state index in [4.69, 9.17) is 9.47 Å². The Bertz CT molecular complexity index is 1350. The molecule has 0 aromatic heterocycles. The molecule has 2 amide bonds. The number of benzene rings is 3. The van der Waals surface area contributed by atoms with E-state index >= 15 is 0 Å². The summed E-state index contributed by atoms with van der Waals surface area (Å²) < 4.78 is 11.6. The summed E-state index contributed by atoms with van der Waals surface area (Å²) in [4.78, 5) is 40.9. The Morgan fingerprint density at radius 1 is 0.875 bits per heavy atom. The van der Waals surface area contributed by atoms with Crippen molar-refractivity contribution in [2.24, 2.45) is 0 Å². The lowest BCUT2D eigenvalue weighted by molar-refractivity contribution is -0.157. The number of rotatable bonds is 5. The minimum atomic E-state index is -1.24. The van der Waals surface area contributed by atoms with Crippen LogP contribution in [0, 0.1) is 0 Å². The van der Waals surface area contributed by atoms with Crippen LogP contribution in [-0.4, -0.2) is 64.3 Å². The van der Waals surface area contributed by atoms with Gasteiger partial charge in [0.1, 0.15) is 11.7 Å². The number of ether oxygens (including phenoxy) is 2. The second-order valence-electron chi connectivity index (χ2n) is 11.2. The van der Waals surface area contributed by atoms with Crippen LogP contribution in [0.2, 0.25) is 0 Å². The fourth-order valence-electron chi connectivity index (χ4n) is 5.57. The van der Waals surface area contributed by atoms with Gasteiger partial charge in [0.25, 0.3) is 0 Å². The van der Waals surface area contributed by atoms with Crippen molar-refractivity contribution in [1.29, 1.82) is 0 Å². The van der Waals surface area contributed by atoms with Gasteiger partial charge in [-0.05, 0) is 55.0 Å². The van der Waals surface area contributed by atoms with Gasteiger partial charge in [0.05, 0.1) is 6.54 Å². The average molecular weight is 543 g/mol. The molecule has 0 saturated carbocycles. The minimum absolute atomic E-state index is 0.00870. The normalized spacial score (nSPS) is 17.5. The predicted molar refractivity (Wildman–Crippen MR) is 150 cm³/mol. The van der Waals surface area contributed by atoms with E-state index < -0.39 is 35.9 Å². The van der Waals surface area contributed by atoms with Crippen molar-refractivity contribution in [2.45, 2.75) is 50.9 Å². The van der Waals surface area contributed by atoms with Crippen LogP contribution in [-0.2, 0) is 14.3 Å². The number of carbonyl (C=O) groups excluding carboxylic acids is 2. The maximum atomic E-state index is 13.7. The van der Waals surface area contributed by atoms with Crippen LogP contribution in [0.25, 0.3) is 11.1 Å². The number of piperazine rings is 1. The van der Waals surface area contributed by atoms with E-state index in [9.17, 15) is 19.5 Å². The van der Waals surface area contributed by atoms with E-state index in [0.717, 1.165) is 10.5 Å². The van der Waals surface area contributed by atoms with Gasteiger partial charge in [-0.15, -0.1) is 0 Å². The summed E-state index contributed by atoms with van der Waals surface area (Å²) >= 11 is 0. The maximum absolute atomic E-state index is 13.7. The summed E-state index contributed by atoms with van der Waals surface area (Å²) in [5.74, 6) is -0.699. The number of esters is 1. The molecule has 1 N–H and O–H groups in total. The van der Waals surface area contributed by atoms with Crippen molar-refractivity contribution in [3.63, 3.8) is 0 Å². The lowest BCUT2D eigenvalue weighted by Gasteiger charge is -2.39. The van der Waals surface area contributed by atoms with Gasteiger partial charge in [0.2, 0.25) is 0 Å². The zero-order valence-corrected chi connectivity index (χ0v) is 22.9. The van der Waals surface area contributed by atoms with E-state index in [-0.39, 0.29) is 25.6 Å². The molecule has 1 aliphatic carbocycles. The molecule has 1 heterocycles. The summed E-state index contributed by atoms with van der Waals surface area (Å²) in [6.45, 7) is 5.24. The molecule has 5 rings (SSSR count). The summed E-state index contributed by atoms with van der Waals surface area (Å²) in [6.07, 6.45) is -1.97. The molecular formula is C32H34N2O6. The van der Waals surface area contributed by atoms with E-state index in [1.165, 1.54) is 27.2 Å². The van der Waals surface area contributed by atoms with Crippen molar-refractivity contribution in [3.05, 3.63) is 95.6 Å². The summed E-state index contributed by atoms with van der Waals surface area (Å²) in [5.41, 5.74) is 4.77. The Balaban J connectivity index is 1.42. The highest BCUT2D eigenvalue weighted by molar-refractivity contribution is 5.83. The number of amides is 2. The third-order valence-electron chi connectivity index (χ3n) is 7.39. The topological polar surface area (TPSA) is 96.4 Å². The molecule has 40 heavy (non-hydrogen) atoms.